The number of fused-ring (bicyclic) bond motifs is 5. The Hall–Kier alpha value is -5.79. The van der Waals surface area contributed by atoms with Crippen LogP contribution in [0, 0.1) is 17.5 Å². The average molecular weight is 716 g/mol. The summed E-state index contributed by atoms with van der Waals surface area (Å²) in [4.78, 5) is 52.4. The molecule has 0 aliphatic carbocycles. The number of nitrogens with one attached hydrogen (secondary N) is 1. The molecule has 0 saturated carbocycles. The van der Waals surface area contributed by atoms with E-state index in [1.165, 1.54) is 6.20 Å². The number of ether oxygens (including phenoxy) is 2. The molecule has 4 heterocycles. The SMILES string of the molecule is COc1ccc(CN2C(C)=NO[C@@]23CC[C@H](C)N2C[C@H]3n3cc(C(=O)NCc4c(F)cc(F)cc4F)c(=O)c(OCc4ccccc4)c3C2=O)cc1. The lowest BCUT2D eigenvalue weighted by Crippen LogP contribution is -2.58. The van der Waals surface area contributed by atoms with Crippen molar-refractivity contribution >= 4 is 17.6 Å². The van der Waals surface area contributed by atoms with Crippen molar-refractivity contribution in [3.05, 3.63) is 129 Å². The summed E-state index contributed by atoms with van der Waals surface area (Å²) in [6, 6.07) is 16.6. The second kappa shape index (κ2) is 13.7. The number of aromatic nitrogens is 1. The first kappa shape index (κ1) is 34.6. The lowest BCUT2D eigenvalue weighted by molar-refractivity contribution is -0.142. The van der Waals surface area contributed by atoms with Crippen LogP contribution in [0.15, 0.2) is 82.9 Å². The number of hydrogen-bond donors (Lipinski definition) is 1. The Morgan fingerprint density at radius 1 is 1.04 bits per heavy atom. The van der Waals surface area contributed by atoms with E-state index in [0.29, 0.717) is 48.7 Å². The minimum Gasteiger partial charge on any atom is -0.497 e. The molecule has 0 radical (unpaired) electrons. The van der Waals surface area contributed by atoms with Gasteiger partial charge in [0.25, 0.3) is 11.8 Å². The van der Waals surface area contributed by atoms with Crippen LogP contribution in [0.5, 0.6) is 11.5 Å². The highest BCUT2D eigenvalue weighted by atomic mass is 19.1. The van der Waals surface area contributed by atoms with E-state index in [1.807, 2.05) is 49.1 Å². The van der Waals surface area contributed by atoms with Crippen LogP contribution in [0.25, 0.3) is 0 Å². The highest BCUT2D eigenvalue weighted by molar-refractivity contribution is 5.99. The van der Waals surface area contributed by atoms with Gasteiger partial charge in [0.2, 0.25) is 11.2 Å². The van der Waals surface area contributed by atoms with Gasteiger partial charge >= 0.3 is 0 Å². The molecule has 3 aliphatic heterocycles. The topological polar surface area (TPSA) is 115 Å². The number of rotatable bonds is 9. The normalized spacial score (nSPS) is 20.6. The lowest BCUT2D eigenvalue weighted by Gasteiger charge is -2.46. The van der Waals surface area contributed by atoms with Gasteiger partial charge in [0.05, 0.1) is 7.11 Å². The molecule has 1 N–H and O–H groups in total. The molecule has 2 bridgehead atoms. The molecule has 14 heteroatoms. The number of amidine groups is 1. The van der Waals surface area contributed by atoms with Gasteiger partial charge in [0, 0.05) is 56.0 Å². The molecule has 11 nitrogen and oxygen atoms in total. The van der Waals surface area contributed by atoms with Crippen LogP contribution in [0.4, 0.5) is 13.2 Å². The Labute approximate surface area is 297 Å². The van der Waals surface area contributed by atoms with E-state index in [9.17, 15) is 27.6 Å². The van der Waals surface area contributed by atoms with Crippen molar-refractivity contribution < 1.29 is 37.1 Å². The summed E-state index contributed by atoms with van der Waals surface area (Å²) in [7, 11) is 1.59. The van der Waals surface area contributed by atoms with E-state index in [1.54, 1.807) is 40.8 Å². The molecule has 270 valence electrons. The second-order valence-electron chi connectivity index (χ2n) is 13.1. The predicted molar refractivity (Wildman–Crippen MR) is 183 cm³/mol. The van der Waals surface area contributed by atoms with Gasteiger partial charge in [-0.2, -0.15) is 0 Å². The van der Waals surface area contributed by atoms with E-state index in [-0.39, 0.29) is 30.6 Å². The summed E-state index contributed by atoms with van der Waals surface area (Å²) in [6.07, 6.45) is 2.24. The van der Waals surface area contributed by atoms with E-state index in [0.717, 1.165) is 5.56 Å². The molecular formula is C38H36F3N5O6. The van der Waals surface area contributed by atoms with E-state index < -0.39 is 64.1 Å². The minimum atomic E-state index is -1.20. The van der Waals surface area contributed by atoms with Crippen molar-refractivity contribution in [2.75, 3.05) is 13.7 Å². The number of carbonyl (C=O) groups excluding carboxylic acids is 2. The van der Waals surface area contributed by atoms with Gasteiger partial charge in [-0.15, -0.1) is 0 Å². The van der Waals surface area contributed by atoms with Crippen LogP contribution in [-0.2, 0) is 24.5 Å². The molecule has 0 unspecified atom stereocenters. The summed E-state index contributed by atoms with van der Waals surface area (Å²) >= 11 is 0. The van der Waals surface area contributed by atoms with Gasteiger partial charge in [0.1, 0.15) is 47.2 Å². The number of halogens is 3. The summed E-state index contributed by atoms with van der Waals surface area (Å²) in [5.41, 5.74) is -1.48. The number of oxime groups is 1. The van der Waals surface area contributed by atoms with Crippen molar-refractivity contribution in [3.8, 4) is 11.5 Å². The Kier molecular flexibility index (Phi) is 9.15. The van der Waals surface area contributed by atoms with E-state index in [2.05, 4.69) is 10.5 Å². The van der Waals surface area contributed by atoms with Gasteiger partial charge in [-0.25, -0.2) is 13.2 Å². The van der Waals surface area contributed by atoms with Crippen LogP contribution in [-0.4, -0.2) is 57.4 Å². The van der Waals surface area contributed by atoms with Crippen LogP contribution >= 0.6 is 0 Å². The highest BCUT2D eigenvalue weighted by Crippen LogP contribution is 2.47. The fourth-order valence-electron chi connectivity index (χ4n) is 7.17. The number of nitrogens with zero attached hydrogens (tertiary/aromatic N) is 4. The van der Waals surface area contributed by atoms with Gasteiger partial charge in [0.15, 0.2) is 11.4 Å². The average Bonchev–Trinajstić information content (AvgIpc) is 3.37. The van der Waals surface area contributed by atoms with Crippen molar-refractivity contribution in [1.82, 2.24) is 19.7 Å². The predicted octanol–water partition coefficient (Wildman–Crippen LogP) is 5.52. The molecule has 52 heavy (non-hydrogen) atoms. The summed E-state index contributed by atoms with van der Waals surface area (Å²) in [5.74, 6) is -4.00. The zero-order chi connectivity index (χ0) is 36.7. The monoisotopic (exact) mass is 715 g/mol. The Balaban J connectivity index is 1.34. The summed E-state index contributed by atoms with van der Waals surface area (Å²) < 4.78 is 55.6. The fourth-order valence-corrected chi connectivity index (χ4v) is 7.17. The fraction of sp³-hybridized carbons (Fsp3) is 0.316. The third-order valence-electron chi connectivity index (χ3n) is 10.0. The van der Waals surface area contributed by atoms with E-state index >= 15 is 0 Å². The van der Waals surface area contributed by atoms with Crippen LogP contribution < -0.4 is 20.2 Å². The number of hydrogen-bond acceptors (Lipinski definition) is 8. The van der Waals surface area contributed by atoms with Crippen molar-refractivity contribution in [3.63, 3.8) is 0 Å². The molecule has 7 rings (SSSR count). The molecule has 1 spiro atoms. The lowest BCUT2D eigenvalue weighted by atomic mass is 9.93. The maximum atomic E-state index is 14.5. The molecule has 3 aliphatic rings. The largest absolute Gasteiger partial charge is 0.497 e. The highest BCUT2D eigenvalue weighted by Gasteiger charge is 2.57. The number of benzene rings is 3. The third kappa shape index (κ3) is 6.11. The van der Waals surface area contributed by atoms with Crippen LogP contribution in [0.2, 0.25) is 0 Å². The van der Waals surface area contributed by atoms with Crippen molar-refractivity contribution in [2.45, 2.75) is 64.2 Å². The summed E-state index contributed by atoms with van der Waals surface area (Å²) in [6.45, 7) is 3.52. The molecule has 3 atom stereocenters. The number of pyridine rings is 1. The summed E-state index contributed by atoms with van der Waals surface area (Å²) in [5, 5.41) is 6.81. The molecule has 2 amide bonds. The van der Waals surface area contributed by atoms with Crippen LogP contribution in [0.3, 0.4) is 0 Å². The standard InChI is InChI=1S/C38H36F3N5O6/c1-22-13-14-38(46(23(2)43-52-38)18-24-9-11-27(50-3)12-10-24)32-20-44(22)37(49)33-35(51-21-25-7-5-4-6-8-25)34(47)29(19-45(32)33)36(48)42-17-28-30(40)15-26(39)16-31(28)41/h4-12,15-16,19,22,32H,13-14,17-18,20-21H2,1-3H3,(H,42,48)/t22-,32+,38+/m0/s1. The molecule has 4 aromatic rings. The van der Waals surface area contributed by atoms with Crippen LogP contribution in [0.1, 0.15) is 70.3 Å². The second-order valence-corrected chi connectivity index (χ2v) is 13.1. The molecule has 1 saturated heterocycles. The third-order valence-corrected chi connectivity index (χ3v) is 10.0. The number of carbonyl (C=O) groups is 2. The molecular weight excluding hydrogens is 679 g/mol. The molecule has 1 fully saturated rings. The van der Waals surface area contributed by atoms with Gasteiger partial charge in [-0.3, -0.25) is 14.4 Å². The molecule has 3 aromatic carbocycles. The molecule has 1 aromatic heterocycles. The van der Waals surface area contributed by atoms with Crippen molar-refractivity contribution in [2.24, 2.45) is 5.16 Å². The Bertz CT molecular complexity index is 2100. The van der Waals surface area contributed by atoms with Gasteiger partial charge < -0.3 is 34.0 Å². The maximum absolute atomic E-state index is 14.5. The Morgan fingerprint density at radius 3 is 2.44 bits per heavy atom. The van der Waals surface area contributed by atoms with Gasteiger partial charge in [-0.05, 0) is 43.5 Å². The maximum Gasteiger partial charge on any atom is 0.274 e. The zero-order valence-corrected chi connectivity index (χ0v) is 28.7. The first-order valence-electron chi connectivity index (χ1n) is 16.8. The number of amides is 2. The quantitative estimate of drug-likeness (QED) is 0.243. The van der Waals surface area contributed by atoms with Crippen molar-refractivity contribution in [1.29, 1.82) is 0 Å². The number of methoxy groups -OCH3 is 1. The van der Waals surface area contributed by atoms with Gasteiger partial charge in [-0.1, -0.05) is 47.6 Å². The first-order valence-corrected chi connectivity index (χ1v) is 16.8. The minimum absolute atomic E-state index is 0.0602. The Morgan fingerprint density at radius 2 is 1.75 bits per heavy atom. The zero-order valence-electron chi connectivity index (χ0n) is 28.7. The first-order chi connectivity index (χ1) is 25.0. The smallest absolute Gasteiger partial charge is 0.274 e. The van der Waals surface area contributed by atoms with E-state index in [4.69, 9.17) is 14.3 Å².